The molecule has 0 aromatic heterocycles. The normalized spacial score (nSPS) is 10.4. The van der Waals surface area contributed by atoms with Gasteiger partial charge in [0.05, 0.1) is 12.2 Å². The molecule has 0 spiro atoms. The topological polar surface area (TPSA) is 78.3 Å². The standard InChI is InChI=1S/C16H26N2O2/c1-2-3-4-5-6-7-8-9-20-16(19)13-10-14(17)12-15(18)11-13/h10-12H,2-9,17-18H2,1H3. The molecule has 1 aromatic rings. The summed E-state index contributed by atoms with van der Waals surface area (Å²) in [5, 5.41) is 0. The maximum Gasteiger partial charge on any atom is 0.338 e. The minimum Gasteiger partial charge on any atom is -0.462 e. The quantitative estimate of drug-likeness (QED) is 0.409. The van der Waals surface area contributed by atoms with E-state index in [2.05, 4.69) is 6.92 Å². The van der Waals surface area contributed by atoms with Gasteiger partial charge in [-0.15, -0.1) is 0 Å². The van der Waals surface area contributed by atoms with Gasteiger partial charge >= 0.3 is 5.97 Å². The number of hydrogen-bond acceptors (Lipinski definition) is 4. The SMILES string of the molecule is CCCCCCCCCOC(=O)c1cc(N)cc(N)c1. The molecule has 4 heteroatoms. The summed E-state index contributed by atoms with van der Waals surface area (Å²) in [6.45, 7) is 2.67. The number of carbonyl (C=O) groups excluding carboxylic acids is 1. The first-order valence-electron chi connectivity index (χ1n) is 7.46. The second-order valence-electron chi connectivity index (χ2n) is 5.15. The highest BCUT2D eigenvalue weighted by atomic mass is 16.5. The molecule has 0 amide bonds. The first-order valence-corrected chi connectivity index (χ1v) is 7.46. The number of nitrogen functional groups attached to an aromatic ring is 2. The van der Waals surface area contributed by atoms with Crippen LogP contribution >= 0.6 is 0 Å². The van der Waals surface area contributed by atoms with Crippen LogP contribution in [0.25, 0.3) is 0 Å². The molecule has 0 atom stereocenters. The van der Waals surface area contributed by atoms with Crippen molar-refractivity contribution in [3.8, 4) is 0 Å². The fourth-order valence-corrected chi connectivity index (χ4v) is 2.10. The van der Waals surface area contributed by atoms with Crippen molar-refractivity contribution in [3.05, 3.63) is 23.8 Å². The molecule has 0 radical (unpaired) electrons. The molecular formula is C16H26N2O2. The van der Waals surface area contributed by atoms with Gasteiger partial charge in [0.2, 0.25) is 0 Å². The number of hydrogen-bond donors (Lipinski definition) is 2. The van der Waals surface area contributed by atoms with E-state index in [-0.39, 0.29) is 5.97 Å². The first kappa shape index (κ1) is 16.3. The molecule has 4 N–H and O–H groups in total. The van der Waals surface area contributed by atoms with Crippen LogP contribution in [0.15, 0.2) is 18.2 Å². The lowest BCUT2D eigenvalue weighted by atomic mass is 10.1. The Kier molecular flexibility index (Phi) is 7.55. The summed E-state index contributed by atoms with van der Waals surface area (Å²) in [7, 11) is 0. The summed E-state index contributed by atoms with van der Waals surface area (Å²) in [6, 6.07) is 4.79. The lowest BCUT2D eigenvalue weighted by Crippen LogP contribution is -2.07. The van der Waals surface area contributed by atoms with Crippen LogP contribution in [-0.4, -0.2) is 12.6 Å². The Morgan fingerprint density at radius 2 is 1.50 bits per heavy atom. The fourth-order valence-electron chi connectivity index (χ4n) is 2.10. The molecule has 0 bridgehead atoms. The van der Waals surface area contributed by atoms with Gasteiger partial charge in [0.15, 0.2) is 0 Å². The van der Waals surface area contributed by atoms with Crippen LogP contribution in [0.3, 0.4) is 0 Å². The number of esters is 1. The van der Waals surface area contributed by atoms with Crippen molar-refractivity contribution in [2.75, 3.05) is 18.1 Å². The molecule has 0 aliphatic heterocycles. The van der Waals surface area contributed by atoms with Crippen LogP contribution < -0.4 is 11.5 Å². The van der Waals surface area contributed by atoms with Gasteiger partial charge in [0.1, 0.15) is 0 Å². The molecule has 0 aliphatic rings. The van der Waals surface area contributed by atoms with Gasteiger partial charge in [0.25, 0.3) is 0 Å². The van der Waals surface area contributed by atoms with E-state index in [1.807, 2.05) is 0 Å². The smallest absolute Gasteiger partial charge is 0.338 e. The lowest BCUT2D eigenvalue weighted by Gasteiger charge is -2.06. The van der Waals surface area contributed by atoms with Crippen LogP contribution in [0, 0.1) is 0 Å². The van der Waals surface area contributed by atoms with E-state index in [0.717, 1.165) is 12.8 Å². The van der Waals surface area contributed by atoms with Gasteiger partial charge in [-0.05, 0) is 24.6 Å². The van der Waals surface area contributed by atoms with Crippen molar-refractivity contribution in [2.24, 2.45) is 0 Å². The van der Waals surface area contributed by atoms with E-state index in [4.69, 9.17) is 16.2 Å². The second kappa shape index (κ2) is 9.23. The zero-order chi connectivity index (χ0) is 14.8. The predicted octanol–water partition coefficient (Wildman–Crippen LogP) is 3.76. The summed E-state index contributed by atoms with van der Waals surface area (Å²) >= 11 is 0. The van der Waals surface area contributed by atoms with E-state index in [1.54, 1.807) is 18.2 Å². The van der Waals surface area contributed by atoms with Crippen molar-refractivity contribution in [1.82, 2.24) is 0 Å². The Morgan fingerprint density at radius 1 is 0.950 bits per heavy atom. The van der Waals surface area contributed by atoms with Crippen LogP contribution in [-0.2, 0) is 4.74 Å². The summed E-state index contributed by atoms with van der Waals surface area (Å²) in [6.07, 6.45) is 8.38. The maximum absolute atomic E-state index is 11.8. The fraction of sp³-hybridized carbons (Fsp3) is 0.562. The van der Waals surface area contributed by atoms with E-state index >= 15 is 0 Å². The molecule has 0 unspecified atom stereocenters. The lowest BCUT2D eigenvalue weighted by molar-refractivity contribution is 0.0498. The monoisotopic (exact) mass is 278 g/mol. The Hall–Kier alpha value is -1.71. The van der Waals surface area contributed by atoms with Crippen molar-refractivity contribution >= 4 is 17.3 Å². The molecule has 4 nitrogen and oxygen atoms in total. The summed E-state index contributed by atoms with van der Waals surface area (Å²) in [4.78, 5) is 11.8. The number of unbranched alkanes of at least 4 members (excludes halogenated alkanes) is 6. The first-order chi connectivity index (χ1) is 9.63. The highest BCUT2D eigenvalue weighted by molar-refractivity contribution is 5.91. The summed E-state index contributed by atoms with van der Waals surface area (Å²) < 4.78 is 5.22. The largest absolute Gasteiger partial charge is 0.462 e. The molecule has 1 aromatic carbocycles. The van der Waals surface area contributed by atoms with E-state index in [1.165, 1.54) is 32.1 Å². The van der Waals surface area contributed by atoms with Crippen LogP contribution in [0.5, 0.6) is 0 Å². The van der Waals surface area contributed by atoms with Gasteiger partial charge < -0.3 is 16.2 Å². The molecule has 20 heavy (non-hydrogen) atoms. The molecule has 0 saturated heterocycles. The van der Waals surface area contributed by atoms with Gasteiger partial charge in [-0.1, -0.05) is 45.4 Å². The zero-order valence-electron chi connectivity index (χ0n) is 12.4. The Balaban J connectivity index is 2.17. The van der Waals surface area contributed by atoms with E-state index in [9.17, 15) is 4.79 Å². The number of carbonyl (C=O) groups is 1. The van der Waals surface area contributed by atoms with Gasteiger partial charge in [-0.2, -0.15) is 0 Å². The predicted molar refractivity (Wildman–Crippen MR) is 83.5 cm³/mol. The third-order valence-corrected chi connectivity index (χ3v) is 3.19. The average Bonchev–Trinajstić information content (AvgIpc) is 2.40. The summed E-state index contributed by atoms with van der Waals surface area (Å²) in [5.74, 6) is -0.352. The third kappa shape index (κ3) is 6.45. The molecule has 0 aliphatic carbocycles. The highest BCUT2D eigenvalue weighted by Gasteiger charge is 2.08. The molecular weight excluding hydrogens is 252 g/mol. The highest BCUT2D eigenvalue weighted by Crippen LogP contribution is 2.15. The van der Waals surface area contributed by atoms with Crippen LogP contribution in [0.2, 0.25) is 0 Å². The zero-order valence-corrected chi connectivity index (χ0v) is 12.4. The Bertz CT molecular complexity index is 399. The molecule has 1 rings (SSSR count). The minimum atomic E-state index is -0.352. The van der Waals surface area contributed by atoms with Crippen molar-refractivity contribution in [3.63, 3.8) is 0 Å². The molecule has 0 heterocycles. The Morgan fingerprint density at radius 3 is 2.10 bits per heavy atom. The maximum atomic E-state index is 11.8. The number of rotatable bonds is 9. The third-order valence-electron chi connectivity index (χ3n) is 3.19. The van der Waals surface area contributed by atoms with Gasteiger partial charge in [-0.25, -0.2) is 4.79 Å². The minimum absolute atomic E-state index is 0.352. The number of ether oxygens (including phenoxy) is 1. The summed E-state index contributed by atoms with van der Waals surface area (Å²) in [5.41, 5.74) is 12.7. The van der Waals surface area contributed by atoms with Gasteiger partial charge in [-0.3, -0.25) is 0 Å². The van der Waals surface area contributed by atoms with Crippen molar-refractivity contribution in [1.29, 1.82) is 0 Å². The van der Waals surface area contributed by atoms with Crippen LogP contribution in [0.1, 0.15) is 62.2 Å². The van der Waals surface area contributed by atoms with E-state index in [0.29, 0.717) is 23.5 Å². The molecule has 0 saturated carbocycles. The average molecular weight is 278 g/mol. The number of benzene rings is 1. The van der Waals surface area contributed by atoms with Crippen molar-refractivity contribution < 1.29 is 9.53 Å². The molecule has 0 fully saturated rings. The van der Waals surface area contributed by atoms with E-state index < -0.39 is 0 Å². The number of nitrogens with two attached hydrogens (primary N) is 2. The van der Waals surface area contributed by atoms with Crippen LogP contribution in [0.4, 0.5) is 11.4 Å². The van der Waals surface area contributed by atoms with Gasteiger partial charge in [0, 0.05) is 11.4 Å². The van der Waals surface area contributed by atoms with Crippen molar-refractivity contribution in [2.45, 2.75) is 51.9 Å². The number of anilines is 2. The Labute approximate surface area is 121 Å². The molecule has 112 valence electrons. The second-order valence-corrected chi connectivity index (χ2v) is 5.15.